The summed E-state index contributed by atoms with van der Waals surface area (Å²) in [5.74, 6) is 2.17. The lowest BCUT2D eigenvalue weighted by molar-refractivity contribution is 0.482. The molecule has 0 saturated carbocycles. The van der Waals surface area contributed by atoms with E-state index < -0.39 is 0 Å². The molecule has 3 aromatic carbocycles. The molecular weight excluding hydrogens is 462 g/mol. The van der Waals surface area contributed by atoms with Crippen LogP contribution in [0.5, 0.6) is 11.5 Å². The Morgan fingerprint density at radius 2 is 1.43 bits per heavy atom. The topological polar surface area (TPSA) is 74.8 Å². The first-order chi connectivity index (χ1) is 18.1. The number of para-hydroxylation sites is 3. The highest BCUT2D eigenvalue weighted by atomic mass is 16.5. The molecule has 37 heavy (non-hydrogen) atoms. The van der Waals surface area contributed by atoms with Crippen LogP contribution < -0.4 is 10.3 Å². The standard InChI is InChI=1S/C30H27N5O2/c1-3-4-10-19-34-20(2)31-28-26(30(34)36)27-29(33-25-14-9-8-13-24(25)32-27)35(28)21-15-17-23(18-16-21)37-22-11-6-5-7-12-22/h5-9,11-18H,3-4,10,19H2,1-2H3. The summed E-state index contributed by atoms with van der Waals surface area (Å²) >= 11 is 0. The van der Waals surface area contributed by atoms with Gasteiger partial charge in [0.25, 0.3) is 5.56 Å². The molecule has 6 aromatic rings. The summed E-state index contributed by atoms with van der Waals surface area (Å²) in [6.45, 7) is 4.69. The number of fused-ring (bicyclic) bond motifs is 4. The maximum atomic E-state index is 13.8. The van der Waals surface area contributed by atoms with Crippen LogP contribution >= 0.6 is 0 Å². The molecule has 0 spiro atoms. The second kappa shape index (κ2) is 9.50. The summed E-state index contributed by atoms with van der Waals surface area (Å²) in [6, 6.07) is 25.1. The van der Waals surface area contributed by atoms with E-state index in [0.717, 1.165) is 47.5 Å². The van der Waals surface area contributed by atoms with E-state index in [1.54, 1.807) is 4.57 Å². The number of nitrogens with zero attached hydrogens (tertiary/aromatic N) is 5. The molecule has 6 rings (SSSR count). The lowest BCUT2D eigenvalue weighted by Crippen LogP contribution is -2.24. The van der Waals surface area contributed by atoms with Crippen LogP contribution in [0.15, 0.2) is 83.7 Å². The van der Waals surface area contributed by atoms with Gasteiger partial charge in [0.1, 0.15) is 28.2 Å². The Morgan fingerprint density at radius 3 is 2.16 bits per heavy atom. The fraction of sp³-hybridized carbons (Fsp3) is 0.200. The molecule has 0 aliphatic rings. The Kier molecular flexibility index (Phi) is 5.88. The Balaban J connectivity index is 1.56. The van der Waals surface area contributed by atoms with Crippen molar-refractivity contribution in [1.29, 1.82) is 0 Å². The fourth-order valence-electron chi connectivity index (χ4n) is 4.75. The SMILES string of the molecule is CCCCCn1c(C)nc2c(c1=O)c1nc3ccccc3nc1n2-c1ccc(Oc2ccccc2)cc1. The molecule has 3 heterocycles. The molecule has 0 bridgehead atoms. The van der Waals surface area contributed by atoms with Crippen molar-refractivity contribution in [3.63, 3.8) is 0 Å². The zero-order chi connectivity index (χ0) is 25.4. The van der Waals surface area contributed by atoms with E-state index in [9.17, 15) is 4.79 Å². The minimum atomic E-state index is -0.0732. The zero-order valence-electron chi connectivity index (χ0n) is 20.9. The summed E-state index contributed by atoms with van der Waals surface area (Å²) < 4.78 is 9.68. The van der Waals surface area contributed by atoms with Gasteiger partial charge in [-0.2, -0.15) is 0 Å². The summed E-state index contributed by atoms with van der Waals surface area (Å²) in [5.41, 5.74) is 4.02. The van der Waals surface area contributed by atoms with Crippen molar-refractivity contribution in [3.05, 3.63) is 95.0 Å². The summed E-state index contributed by atoms with van der Waals surface area (Å²) in [6.07, 6.45) is 3.08. The van der Waals surface area contributed by atoms with Crippen LogP contribution in [-0.4, -0.2) is 24.1 Å². The minimum Gasteiger partial charge on any atom is -0.457 e. The van der Waals surface area contributed by atoms with E-state index in [4.69, 9.17) is 19.7 Å². The van der Waals surface area contributed by atoms with Crippen LogP contribution in [-0.2, 0) is 6.54 Å². The van der Waals surface area contributed by atoms with Crippen molar-refractivity contribution in [1.82, 2.24) is 24.1 Å². The van der Waals surface area contributed by atoms with E-state index in [2.05, 4.69) is 6.92 Å². The molecule has 0 N–H and O–H groups in total. The molecule has 184 valence electrons. The predicted molar refractivity (Wildman–Crippen MR) is 147 cm³/mol. The third-order valence-electron chi connectivity index (χ3n) is 6.61. The maximum absolute atomic E-state index is 13.8. The van der Waals surface area contributed by atoms with Gasteiger partial charge in [-0.05, 0) is 61.9 Å². The lowest BCUT2D eigenvalue weighted by atomic mass is 10.2. The van der Waals surface area contributed by atoms with Gasteiger partial charge in [0.15, 0.2) is 11.3 Å². The molecule has 0 unspecified atom stereocenters. The molecule has 3 aromatic heterocycles. The van der Waals surface area contributed by atoms with Gasteiger partial charge < -0.3 is 4.74 Å². The normalized spacial score (nSPS) is 11.5. The van der Waals surface area contributed by atoms with Gasteiger partial charge in [0, 0.05) is 12.2 Å². The van der Waals surface area contributed by atoms with Crippen molar-refractivity contribution in [2.75, 3.05) is 0 Å². The van der Waals surface area contributed by atoms with E-state index in [-0.39, 0.29) is 5.56 Å². The second-order valence-electron chi connectivity index (χ2n) is 9.15. The predicted octanol–water partition coefficient (Wildman–Crippen LogP) is 6.57. The van der Waals surface area contributed by atoms with E-state index in [0.29, 0.717) is 34.6 Å². The number of ether oxygens (including phenoxy) is 1. The third-order valence-corrected chi connectivity index (χ3v) is 6.61. The van der Waals surface area contributed by atoms with Crippen molar-refractivity contribution in [2.45, 2.75) is 39.7 Å². The number of unbranched alkanes of at least 4 members (excludes halogenated alkanes) is 2. The number of hydrogen-bond donors (Lipinski definition) is 0. The molecule has 0 saturated heterocycles. The first-order valence-corrected chi connectivity index (χ1v) is 12.7. The molecule has 0 fully saturated rings. The van der Waals surface area contributed by atoms with Crippen molar-refractivity contribution in [2.24, 2.45) is 0 Å². The fourth-order valence-corrected chi connectivity index (χ4v) is 4.75. The second-order valence-corrected chi connectivity index (χ2v) is 9.15. The van der Waals surface area contributed by atoms with Crippen LogP contribution in [0.25, 0.3) is 38.9 Å². The maximum Gasteiger partial charge on any atom is 0.265 e. The van der Waals surface area contributed by atoms with Crippen molar-refractivity contribution in [3.8, 4) is 17.2 Å². The Labute approximate surface area is 214 Å². The van der Waals surface area contributed by atoms with Gasteiger partial charge in [-0.1, -0.05) is 50.1 Å². The quantitative estimate of drug-likeness (QED) is 0.237. The van der Waals surface area contributed by atoms with E-state index in [1.807, 2.05) is 90.4 Å². The molecule has 0 aliphatic carbocycles. The van der Waals surface area contributed by atoms with Gasteiger partial charge in [-0.25, -0.2) is 15.0 Å². The molecule has 7 heteroatoms. The van der Waals surface area contributed by atoms with Gasteiger partial charge in [0.05, 0.1) is 11.0 Å². The zero-order valence-corrected chi connectivity index (χ0v) is 20.9. The molecule has 0 amide bonds. The third kappa shape index (κ3) is 4.12. The first-order valence-electron chi connectivity index (χ1n) is 12.7. The molecule has 7 nitrogen and oxygen atoms in total. The van der Waals surface area contributed by atoms with E-state index in [1.165, 1.54) is 0 Å². The van der Waals surface area contributed by atoms with Crippen LogP contribution in [0, 0.1) is 6.92 Å². The molecule has 0 radical (unpaired) electrons. The first kappa shape index (κ1) is 22.9. The smallest absolute Gasteiger partial charge is 0.265 e. The summed E-state index contributed by atoms with van der Waals surface area (Å²) in [5, 5.41) is 0.500. The highest BCUT2D eigenvalue weighted by Gasteiger charge is 2.22. The summed E-state index contributed by atoms with van der Waals surface area (Å²) in [4.78, 5) is 28.6. The molecule has 0 aliphatic heterocycles. The van der Waals surface area contributed by atoms with Gasteiger partial charge >= 0.3 is 0 Å². The van der Waals surface area contributed by atoms with Crippen molar-refractivity contribution < 1.29 is 4.74 Å². The van der Waals surface area contributed by atoms with Gasteiger partial charge in [0.2, 0.25) is 0 Å². The van der Waals surface area contributed by atoms with E-state index >= 15 is 0 Å². The van der Waals surface area contributed by atoms with Gasteiger partial charge in [-0.3, -0.25) is 13.9 Å². The number of rotatable bonds is 7. The Bertz CT molecular complexity index is 1790. The highest BCUT2D eigenvalue weighted by Crippen LogP contribution is 2.30. The van der Waals surface area contributed by atoms with Crippen molar-refractivity contribution >= 4 is 33.2 Å². The summed E-state index contributed by atoms with van der Waals surface area (Å²) in [7, 11) is 0. The average molecular weight is 490 g/mol. The monoisotopic (exact) mass is 489 g/mol. The molecular formula is C30H27N5O2. The largest absolute Gasteiger partial charge is 0.457 e. The average Bonchev–Trinajstić information content (AvgIpc) is 3.23. The van der Waals surface area contributed by atoms with Crippen LogP contribution in [0.2, 0.25) is 0 Å². The minimum absolute atomic E-state index is 0.0732. The van der Waals surface area contributed by atoms with Crippen LogP contribution in [0.3, 0.4) is 0 Å². The Hall–Kier alpha value is -4.52. The van der Waals surface area contributed by atoms with Gasteiger partial charge in [-0.15, -0.1) is 0 Å². The Morgan fingerprint density at radius 1 is 0.757 bits per heavy atom. The van der Waals surface area contributed by atoms with Crippen LogP contribution in [0.4, 0.5) is 0 Å². The lowest BCUT2D eigenvalue weighted by Gasteiger charge is -2.11. The number of benzene rings is 3. The van der Waals surface area contributed by atoms with Crippen LogP contribution in [0.1, 0.15) is 32.0 Å². The highest BCUT2D eigenvalue weighted by molar-refractivity contribution is 6.05. The number of hydrogen-bond acceptors (Lipinski definition) is 5. The molecule has 0 atom stereocenters. The number of aryl methyl sites for hydroxylation is 1. The number of aromatic nitrogens is 5.